The fourth-order valence-corrected chi connectivity index (χ4v) is 2.95. The fraction of sp³-hybridized carbons (Fsp3) is 0.667. The summed E-state index contributed by atoms with van der Waals surface area (Å²) >= 11 is 1.51. The van der Waals surface area contributed by atoms with Crippen molar-refractivity contribution in [2.24, 2.45) is 0 Å². The van der Waals surface area contributed by atoms with Gasteiger partial charge in [-0.25, -0.2) is 0 Å². The van der Waals surface area contributed by atoms with E-state index in [4.69, 9.17) is 4.74 Å². The van der Waals surface area contributed by atoms with E-state index in [9.17, 15) is 0 Å². The third kappa shape index (κ3) is 3.84. The van der Waals surface area contributed by atoms with Gasteiger partial charge in [0.15, 0.2) is 5.75 Å². The van der Waals surface area contributed by atoms with Crippen LogP contribution in [0.2, 0.25) is 0 Å². The van der Waals surface area contributed by atoms with Gasteiger partial charge in [0.2, 0.25) is 0 Å². The number of ether oxygens (including phenoxy) is 1. The van der Waals surface area contributed by atoms with Crippen LogP contribution in [0.3, 0.4) is 0 Å². The highest BCUT2D eigenvalue weighted by Crippen LogP contribution is 2.33. The van der Waals surface area contributed by atoms with Crippen molar-refractivity contribution in [1.82, 2.24) is 4.37 Å². The molecule has 2 rings (SSSR count). The zero-order chi connectivity index (χ0) is 12.6. The van der Waals surface area contributed by atoms with Crippen molar-refractivity contribution in [3.8, 4) is 5.75 Å². The van der Waals surface area contributed by atoms with E-state index in [0.717, 1.165) is 30.9 Å². The lowest BCUT2D eigenvalue weighted by Crippen LogP contribution is -2.00. The maximum absolute atomic E-state index is 5.88. The summed E-state index contributed by atoms with van der Waals surface area (Å²) in [5, 5.41) is 2.05. The maximum Gasteiger partial charge on any atom is 0.157 e. The minimum absolute atomic E-state index is 0.832. The minimum Gasteiger partial charge on any atom is -0.490 e. The lowest BCUT2D eigenvalue weighted by atomic mass is 9.97. The Labute approximate surface area is 114 Å². The largest absolute Gasteiger partial charge is 0.490 e. The van der Waals surface area contributed by atoms with Crippen LogP contribution in [0.1, 0.15) is 64.0 Å². The summed E-state index contributed by atoms with van der Waals surface area (Å²) in [5.41, 5.74) is 2.50. The number of hydrogen-bond donors (Lipinski definition) is 0. The molecular formula is C15H23NOS. The molecule has 0 atom stereocenters. The SMILES string of the molecule is CCCCCCOc1csnc1C1=CCCCC1. The molecule has 0 amide bonds. The van der Waals surface area contributed by atoms with Crippen LogP contribution in [-0.2, 0) is 0 Å². The monoisotopic (exact) mass is 265 g/mol. The number of rotatable bonds is 7. The van der Waals surface area contributed by atoms with Gasteiger partial charge in [-0.3, -0.25) is 0 Å². The molecule has 0 radical (unpaired) electrons. The molecule has 100 valence electrons. The summed E-state index contributed by atoms with van der Waals surface area (Å²) in [7, 11) is 0. The van der Waals surface area contributed by atoms with Crippen LogP contribution in [0.4, 0.5) is 0 Å². The summed E-state index contributed by atoms with van der Waals surface area (Å²) in [5.74, 6) is 1.00. The molecule has 0 unspecified atom stereocenters. The van der Waals surface area contributed by atoms with E-state index in [1.54, 1.807) is 0 Å². The van der Waals surface area contributed by atoms with Crippen molar-refractivity contribution >= 4 is 17.1 Å². The number of allylic oxidation sites excluding steroid dienone is 2. The van der Waals surface area contributed by atoms with Gasteiger partial charge in [0, 0.05) is 0 Å². The van der Waals surface area contributed by atoms with Crippen molar-refractivity contribution in [2.45, 2.75) is 58.3 Å². The first kappa shape index (κ1) is 13.6. The third-order valence-electron chi connectivity index (χ3n) is 3.39. The van der Waals surface area contributed by atoms with Gasteiger partial charge in [0.1, 0.15) is 5.69 Å². The molecule has 1 aromatic rings. The summed E-state index contributed by atoms with van der Waals surface area (Å²) in [4.78, 5) is 0. The molecule has 0 bridgehead atoms. The predicted molar refractivity (Wildman–Crippen MR) is 78.2 cm³/mol. The van der Waals surface area contributed by atoms with Crippen LogP contribution in [0.5, 0.6) is 5.75 Å². The van der Waals surface area contributed by atoms with Crippen molar-refractivity contribution < 1.29 is 4.74 Å². The Kier molecular flexibility index (Phi) is 5.72. The van der Waals surface area contributed by atoms with Gasteiger partial charge in [-0.2, -0.15) is 4.37 Å². The van der Waals surface area contributed by atoms with Gasteiger partial charge in [-0.15, -0.1) is 0 Å². The molecule has 0 saturated heterocycles. The minimum atomic E-state index is 0.832. The van der Waals surface area contributed by atoms with Crippen LogP contribution in [0, 0.1) is 0 Å². The Morgan fingerprint density at radius 2 is 2.22 bits per heavy atom. The summed E-state index contributed by atoms with van der Waals surface area (Å²) in [6.45, 7) is 3.07. The molecule has 1 heterocycles. The van der Waals surface area contributed by atoms with E-state index in [1.807, 2.05) is 5.38 Å². The molecular weight excluding hydrogens is 242 g/mol. The van der Waals surface area contributed by atoms with Crippen molar-refractivity contribution in [2.75, 3.05) is 6.61 Å². The average molecular weight is 265 g/mol. The van der Waals surface area contributed by atoms with Crippen LogP contribution in [-0.4, -0.2) is 11.0 Å². The fourth-order valence-electron chi connectivity index (χ4n) is 2.31. The third-order valence-corrected chi connectivity index (χ3v) is 4.00. The molecule has 0 N–H and O–H groups in total. The average Bonchev–Trinajstić information content (AvgIpc) is 2.88. The Morgan fingerprint density at radius 1 is 1.28 bits per heavy atom. The predicted octanol–water partition coefficient (Wildman–Crippen LogP) is 5.06. The van der Waals surface area contributed by atoms with E-state index in [2.05, 4.69) is 17.4 Å². The molecule has 0 fully saturated rings. The molecule has 18 heavy (non-hydrogen) atoms. The molecule has 0 aromatic carbocycles. The molecule has 0 saturated carbocycles. The van der Waals surface area contributed by atoms with Gasteiger partial charge in [-0.05, 0) is 49.2 Å². The molecule has 1 aromatic heterocycles. The van der Waals surface area contributed by atoms with Crippen LogP contribution >= 0.6 is 11.5 Å². The number of unbranched alkanes of at least 4 members (excludes halogenated alkanes) is 3. The standard InChI is InChI=1S/C15H23NOS/c1-2-3-4-8-11-17-14-12-18-16-15(14)13-9-6-5-7-10-13/h9,12H,2-8,10-11H2,1H3. The maximum atomic E-state index is 5.88. The van der Waals surface area contributed by atoms with Crippen molar-refractivity contribution in [3.63, 3.8) is 0 Å². The van der Waals surface area contributed by atoms with Gasteiger partial charge in [-0.1, -0.05) is 32.3 Å². The van der Waals surface area contributed by atoms with Gasteiger partial charge < -0.3 is 4.74 Å². The summed E-state index contributed by atoms with van der Waals surface area (Å²) in [6.07, 6.45) is 12.3. The lowest BCUT2D eigenvalue weighted by Gasteiger charge is -2.12. The molecule has 3 heteroatoms. The van der Waals surface area contributed by atoms with Crippen LogP contribution in [0.25, 0.3) is 5.57 Å². The van der Waals surface area contributed by atoms with E-state index in [0.29, 0.717) is 0 Å². The zero-order valence-electron chi connectivity index (χ0n) is 11.3. The Balaban J connectivity index is 1.85. The quantitative estimate of drug-likeness (QED) is 0.643. The molecule has 1 aliphatic rings. The Morgan fingerprint density at radius 3 is 3.00 bits per heavy atom. The van der Waals surface area contributed by atoms with Gasteiger partial charge in [0.25, 0.3) is 0 Å². The van der Waals surface area contributed by atoms with E-state index < -0.39 is 0 Å². The van der Waals surface area contributed by atoms with Crippen molar-refractivity contribution in [3.05, 3.63) is 17.2 Å². The number of hydrogen-bond acceptors (Lipinski definition) is 3. The van der Waals surface area contributed by atoms with Gasteiger partial charge in [0.05, 0.1) is 12.0 Å². The second-order valence-electron chi connectivity index (χ2n) is 4.91. The Hall–Kier alpha value is -0.830. The van der Waals surface area contributed by atoms with E-state index in [1.165, 1.54) is 55.6 Å². The highest BCUT2D eigenvalue weighted by molar-refractivity contribution is 7.04. The zero-order valence-corrected chi connectivity index (χ0v) is 12.1. The van der Waals surface area contributed by atoms with Crippen LogP contribution < -0.4 is 4.74 Å². The Bertz CT molecular complexity index is 384. The summed E-state index contributed by atoms with van der Waals surface area (Å²) in [6, 6.07) is 0. The first-order valence-electron chi connectivity index (χ1n) is 7.18. The highest BCUT2D eigenvalue weighted by Gasteiger charge is 2.14. The van der Waals surface area contributed by atoms with Crippen LogP contribution in [0.15, 0.2) is 11.5 Å². The molecule has 0 spiro atoms. The molecule has 2 nitrogen and oxygen atoms in total. The topological polar surface area (TPSA) is 22.1 Å². The van der Waals surface area contributed by atoms with Gasteiger partial charge >= 0.3 is 0 Å². The molecule has 0 aliphatic heterocycles. The first-order chi connectivity index (χ1) is 8.92. The van der Waals surface area contributed by atoms with E-state index >= 15 is 0 Å². The lowest BCUT2D eigenvalue weighted by molar-refractivity contribution is 0.304. The second-order valence-corrected chi connectivity index (χ2v) is 5.54. The highest BCUT2D eigenvalue weighted by atomic mass is 32.1. The van der Waals surface area contributed by atoms with E-state index in [-0.39, 0.29) is 0 Å². The van der Waals surface area contributed by atoms with Crippen molar-refractivity contribution in [1.29, 1.82) is 0 Å². The normalized spacial score (nSPS) is 15.5. The number of aromatic nitrogens is 1. The molecule has 1 aliphatic carbocycles. The first-order valence-corrected chi connectivity index (χ1v) is 8.02. The summed E-state index contributed by atoms with van der Waals surface area (Å²) < 4.78 is 10.4. The smallest absolute Gasteiger partial charge is 0.157 e. The second kappa shape index (κ2) is 7.57. The number of nitrogens with zero attached hydrogens (tertiary/aromatic N) is 1.